The zero-order chi connectivity index (χ0) is 28.7. The van der Waals surface area contributed by atoms with Crippen molar-refractivity contribution >= 4 is 16.0 Å². The summed E-state index contributed by atoms with van der Waals surface area (Å²) >= 11 is 0. The monoisotopic (exact) mass is 565 g/mol. The summed E-state index contributed by atoms with van der Waals surface area (Å²) in [6, 6.07) is 31.0. The van der Waals surface area contributed by atoms with E-state index in [0.717, 1.165) is 49.0 Å². The normalized spacial score (nSPS) is 13.1. The van der Waals surface area contributed by atoms with Crippen LogP contribution in [-0.4, -0.2) is 38.9 Å². The first-order valence-electron chi connectivity index (χ1n) is 13.6. The molecule has 0 bridgehead atoms. The quantitative estimate of drug-likeness (QED) is 0.200. The van der Waals surface area contributed by atoms with Crippen LogP contribution in [0.1, 0.15) is 39.9 Å². The van der Waals surface area contributed by atoms with Gasteiger partial charge in [0.15, 0.2) is 0 Å². The van der Waals surface area contributed by atoms with Crippen molar-refractivity contribution in [3.8, 4) is 22.9 Å². The lowest BCUT2D eigenvalue weighted by Gasteiger charge is -2.29. The maximum absolute atomic E-state index is 12.8. The fourth-order valence-electron chi connectivity index (χ4n) is 4.99. The summed E-state index contributed by atoms with van der Waals surface area (Å²) in [6.07, 6.45) is 2.66. The van der Waals surface area contributed by atoms with Crippen LogP contribution in [-0.2, 0) is 23.1 Å². The number of fused-ring (bicyclic) bond motifs is 1. The molecule has 0 radical (unpaired) electrons. The number of nitrogens with one attached hydrogen (secondary N) is 1. The number of nitrogens with zero attached hydrogens (tertiary/aromatic N) is 2. The summed E-state index contributed by atoms with van der Waals surface area (Å²) in [7, 11) is -4.13. The maximum Gasteiger partial charge on any atom is 0.340 e. The third kappa shape index (κ3) is 7.01. The van der Waals surface area contributed by atoms with Crippen LogP contribution >= 0.6 is 0 Å². The smallest absolute Gasteiger partial charge is 0.340 e. The van der Waals surface area contributed by atoms with E-state index in [0.29, 0.717) is 18.7 Å². The molecule has 0 aliphatic carbocycles. The van der Waals surface area contributed by atoms with Crippen molar-refractivity contribution in [2.75, 3.05) is 19.6 Å². The third-order valence-electron chi connectivity index (χ3n) is 7.19. The number of benzene rings is 4. The van der Waals surface area contributed by atoms with Crippen molar-refractivity contribution in [1.82, 2.24) is 10.2 Å². The molecule has 0 fully saturated rings. The van der Waals surface area contributed by atoms with E-state index in [2.05, 4.69) is 10.2 Å². The van der Waals surface area contributed by atoms with E-state index in [4.69, 9.17) is 4.18 Å². The highest BCUT2D eigenvalue weighted by Crippen LogP contribution is 2.27. The minimum atomic E-state index is -4.13. The Hall–Kier alpha value is -4.45. The minimum absolute atomic E-state index is 0.0498. The summed E-state index contributed by atoms with van der Waals surface area (Å²) in [5.41, 5.74) is 5.10. The second kappa shape index (κ2) is 12.8. The molecule has 0 saturated heterocycles. The minimum Gasteiger partial charge on any atom is -0.379 e. The van der Waals surface area contributed by atoms with E-state index < -0.39 is 10.1 Å². The molecule has 1 amide bonds. The van der Waals surface area contributed by atoms with E-state index in [-0.39, 0.29) is 22.1 Å². The van der Waals surface area contributed by atoms with E-state index >= 15 is 0 Å². The number of hydrogen-bond acceptors (Lipinski definition) is 6. The van der Waals surface area contributed by atoms with Gasteiger partial charge in [-0.2, -0.15) is 13.7 Å². The number of carbonyl (C=O) groups excluding carboxylic acids is 1. The standard InChI is InChI=1S/C33H31N3O4S/c34-23-29-10-4-5-11-32(29)41(38,39)40-31-17-16-27-18-21-36(24-30(27)22-31)20-7-6-19-35-33(37)28-14-12-26(13-15-28)25-8-2-1-3-9-25/h1-5,8-17,22H,6-7,18-21,24H2,(H,35,37). The van der Waals surface area contributed by atoms with Gasteiger partial charge in [0.25, 0.3) is 5.91 Å². The van der Waals surface area contributed by atoms with E-state index in [1.807, 2.05) is 66.7 Å². The molecular weight excluding hydrogens is 534 g/mol. The van der Waals surface area contributed by atoms with Gasteiger partial charge in [0.1, 0.15) is 16.7 Å². The Labute approximate surface area is 241 Å². The van der Waals surface area contributed by atoms with Gasteiger partial charge in [-0.25, -0.2) is 0 Å². The Balaban J connectivity index is 1.09. The molecule has 5 rings (SSSR count). The fourth-order valence-corrected chi connectivity index (χ4v) is 6.07. The van der Waals surface area contributed by atoms with Gasteiger partial charge in [-0.05, 0) is 84.5 Å². The Morgan fingerprint density at radius 3 is 2.39 bits per heavy atom. The Kier molecular flexibility index (Phi) is 8.78. The highest BCUT2D eigenvalue weighted by molar-refractivity contribution is 7.87. The summed E-state index contributed by atoms with van der Waals surface area (Å²) in [4.78, 5) is 14.7. The van der Waals surface area contributed by atoms with Crippen LogP contribution in [0.2, 0.25) is 0 Å². The number of carbonyl (C=O) groups is 1. The van der Waals surface area contributed by atoms with Crippen LogP contribution in [0.3, 0.4) is 0 Å². The van der Waals surface area contributed by atoms with Crippen LogP contribution in [0.15, 0.2) is 102 Å². The summed E-state index contributed by atoms with van der Waals surface area (Å²) in [6.45, 7) is 3.09. The molecule has 1 aliphatic rings. The van der Waals surface area contributed by atoms with Crippen LogP contribution in [0.25, 0.3) is 11.1 Å². The average Bonchev–Trinajstić information content (AvgIpc) is 3.01. The van der Waals surface area contributed by atoms with Gasteiger partial charge in [-0.1, -0.05) is 60.7 Å². The second-order valence-corrected chi connectivity index (χ2v) is 11.5. The molecule has 41 heavy (non-hydrogen) atoms. The van der Waals surface area contributed by atoms with Crippen molar-refractivity contribution in [2.45, 2.75) is 30.7 Å². The number of nitriles is 1. The van der Waals surface area contributed by atoms with Gasteiger partial charge < -0.3 is 9.50 Å². The van der Waals surface area contributed by atoms with Gasteiger partial charge in [-0.3, -0.25) is 9.69 Å². The molecule has 0 aromatic heterocycles. The predicted molar refractivity (Wildman–Crippen MR) is 158 cm³/mol. The van der Waals surface area contributed by atoms with Gasteiger partial charge in [-0.15, -0.1) is 0 Å². The predicted octanol–water partition coefficient (Wildman–Crippen LogP) is 5.56. The average molecular weight is 566 g/mol. The Bertz CT molecular complexity index is 1660. The topological polar surface area (TPSA) is 99.5 Å². The van der Waals surface area contributed by atoms with Gasteiger partial charge in [0.2, 0.25) is 0 Å². The summed E-state index contributed by atoms with van der Waals surface area (Å²) < 4.78 is 31.0. The zero-order valence-corrected chi connectivity index (χ0v) is 23.4. The number of hydrogen-bond donors (Lipinski definition) is 1. The largest absolute Gasteiger partial charge is 0.379 e. The van der Waals surface area contributed by atoms with Gasteiger partial charge in [0, 0.05) is 25.2 Å². The molecule has 0 spiro atoms. The molecule has 4 aromatic carbocycles. The van der Waals surface area contributed by atoms with E-state index in [1.54, 1.807) is 24.3 Å². The Morgan fingerprint density at radius 1 is 0.878 bits per heavy atom. The molecule has 7 nitrogen and oxygen atoms in total. The third-order valence-corrected chi connectivity index (χ3v) is 8.50. The lowest BCUT2D eigenvalue weighted by Crippen LogP contribution is -2.32. The molecular formula is C33H31N3O4S. The Morgan fingerprint density at radius 2 is 1.61 bits per heavy atom. The molecule has 8 heteroatoms. The van der Waals surface area contributed by atoms with E-state index in [9.17, 15) is 18.5 Å². The zero-order valence-electron chi connectivity index (χ0n) is 22.6. The van der Waals surface area contributed by atoms with Crippen LogP contribution in [0, 0.1) is 11.3 Å². The molecule has 1 aliphatic heterocycles. The van der Waals surface area contributed by atoms with Crippen molar-refractivity contribution in [1.29, 1.82) is 5.26 Å². The van der Waals surface area contributed by atoms with Gasteiger partial charge >= 0.3 is 10.1 Å². The fraction of sp³-hybridized carbons (Fsp3) is 0.212. The summed E-state index contributed by atoms with van der Waals surface area (Å²) in [5, 5.41) is 12.3. The molecule has 1 N–H and O–H groups in total. The molecule has 0 saturated carbocycles. The number of amides is 1. The number of unbranched alkanes of at least 4 members (excludes halogenated alkanes) is 1. The lowest BCUT2D eigenvalue weighted by atomic mass is 9.99. The highest BCUT2D eigenvalue weighted by atomic mass is 32.2. The van der Waals surface area contributed by atoms with Crippen molar-refractivity contribution < 1.29 is 17.4 Å². The molecule has 0 unspecified atom stereocenters. The summed E-state index contributed by atoms with van der Waals surface area (Å²) in [5.74, 6) is 0.161. The molecule has 4 aromatic rings. The van der Waals surface area contributed by atoms with Gasteiger partial charge in [0.05, 0.1) is 5.56 Å². The van der Waals surface area contributed by atoms with Crippen LogP contribution in [0.4, 0.5) is 0 Å². The first-order chi connectivity index (χ1) is 19.9. The lowest BCUT2D eigenvalue weighted by molar-refractivity contribution is 0.0952. The number of rotatable bonds is 10. The molecule has 0 atom stereocenters. The van der Waals surface area contributed by atoms with E-state index in [1.165, 1.54) is 17.7 Å². The second-order valence-electron chi connectivity index (χ2n) is 10.0. The molecule has 1 heterocycles. The van der Waals surface area contributed by atoms with Crippen molar-refractivity contribution in [2.24, 2.45) is 0 Å². The van der Waals surface area contributed by atoms with Crippen LogP contribution < -0.4 is 9.50 Å². The van der Waals surface area contributed by atoms with Crippen molar-refractivity contribution in [3.05, 3.63) is 119 Å². The van der Waals surface area contributed by atoms with Crippen molar-refractivity contribution in [3.63, 3.8) is 0 Å². The first kappa shape index (κ1) is 28.1. The van der Waals surface area contributed by atoms with Crippen LogP contribution in [0.5, 0.6) is 5.75 Å². The SMILES string of the molecule is N#Cc1ccccc1S(=O)(=O)Oc1ccc2c(c1)CN(CCCCNC(=O)c1ccc(-c3ccccc3)cc1)CC2. The maximum atomic E-state index is 12.8. The highest BCUT2D eigenvalue weighted by Gasteiger charge is 2.22. The first-order valence-corrected chi connectivity index (χ1v) is 15.1. The molecule has 208 valence electrons.